The highest BCUT2D eigenvalue weighted by Gasteiger charge is 2.11. The Morgan fingerprint density at radius 1 is 1.69 bits per heavy atom. The van der Waals surface area contributed by atoms with Gasteiger partial charge in [0, 0.05) is 6.04 Å². The van der Waals surface area contributed by atoms with Crippen molar-refractivity contribution in [1.82, 2.24) is 10.3 Å². The lowest BCUT2D eigenvalue weighted by atomic mass is 10.3. The first-order valence-corrected chi connectivity index (χ1v) is 5.72. The zero-order chi connectivity index (χ0) is 9.84. The molecule has 2 N–H and O–H groups in total. The van der Waals surface area contributed by atoms with Crippen molar-refractivity contribution in [3.63, 3.8) is 0 Å². The second kappa shape index (κ2) is 5.05. The summed E-state index contributed by atoms with van der Waals surface area (Å²) in [5.74, 6) is 0. The highest BCUT2D eigenvalue weighted by atomic mass is 79.9. The van der Waals surface area contributed by atoms with Crippen LogP contribution >= 0.6 is 27.3 Å². The van der Waals surface area contributed by atoms with Gasteiger partial charge in [-0.3, -0.25) is 0 Å². The van der Waals surface area contributed by atoms with Gasteiger partial charge >= 0.3 is 0 Å². The summed E-state index contributed by atoms with van der Waals surface area (Å²) in [4.78, 5) is 4.23. The predicted molar refractivity (Wildman–Crippen MR) is 57.9 cm³/mol. The minimum Gasteiger partial charge on any atom is -0.395 e. The van der Waals surface area contributed by atoms with Gasteiger partial charge in [-0.15, -0.1) is 11.3 Å². The fourth-order valence-corrected chi connectivity index (χ4v) is 2.27. The van der Waals surface area contributed by atoms with Crippen LogP contribution in [0, 0.1) is 0 Å². The normalized spacial score (nSPS) is 15.7. The van der Waals surface area contributed by atoms with E-state index in [0.717, 1.165) is 8.79 Å². The molecule has 0 radical (unpaired) electrons. The highest BCUT2D eigenvalue weighted by molar-refractivity contribution is 9.11. The number of hydrogen-bond donors (Lipinski definition) is 2. The molecule has 1 heterocycles. The van der Waals surface area contributed by atoms with Crippen molar-refractivity contribution >= 4 is 27.3 Å². The Morgan fingerprint density at radius 3 is 2.85 bits per heavy atom. The van der Waals surface area contributed by atoms with Crippen LogP contribution in [0.25, 0.3) is 0 Å². The second-order valence-corrected chi connectivity index (χ2v) is 5.42. The van der Waals surface area contributed by atoms with E-state index >= 15 is 0 Å². The van der Waals surface area contributed by atoms with Crippen LogP contribution in [0.4, 0.5) is 0 Å². The van der Waals surface area contributed by atoms with E-state index in [9.17, 15) is 0 Å². The van der Waals surface area contributed by atoms with Crippen LogP contribution in [-0.2, 0) is 0 Å². The summed E-state index contributed by atoms with van der Waals surface area (Å²) in [5.41, 5.74) is 0. The summed E-state index contributed by atoms with van der Waals surface area (Å²) in [7, 11) is 0. The van der Waals surface area contributed by atoms with Gasteiger partial charge in [0.25, 0.3) is 0 Å². The van der Waals surface area contributed by atoms with Gasteiger partial charge in [-0.2, -0.15) is 0 Å². The molecule has 1 rings (SSSR count). The lowest BCUT2D eigenvalue weighted by molar-refractivity contribution is 0.243. The molecule has 1 aromatic rings. The summed E-state index contributed by atoms with van der Waals surface area (Å²) in [6.45, 7) is 4.13. The van der Waals surface area contributed by atoms with Crippen LogP contribution in [0.5, 0.6) is 0 Å². The Hall–Kier alpha value is 0.0300. The molecule has 1 aromatic heterocycles. The van der Waals surface area contributed by atoms with Crippen LogP contribution < -0.4 is 5.32 Å². The fourth-order valence-electron chi connectivity index (χ4n) is 1.02. The minimum absolute atomic E-state index is 0.109. The predicted octanol–water partition coefficient (Wildman–Crippen LogP) is 1.94. The lowest BCUT2D eigenvalue weighted by Crippen LogP contribution is -2.31. The molecule has 13 heavy (non-hydrogen) atoms. The van der Waals surface area contributed by atoms with E-state index in [2.05, 4.69) is 26.2 Å². The van der Waals surface area contributed by atoms with Crippen LogP contribution in [0.1, 0.15) is 24.9 Å². The Morgan fingerprint density at radius 2 is 2.38 bits per heavy atom. The SMILES string of the molecule is CC(N[C@@H](C)CO)c1ncc(Br)s1. The molecule has 0 aliphatic carbocycles. The third kappa shape index (κ3) is 3.34. The number of aliphatic hydroxyl groups excluding tert-OH is 1. The van der Waals surface area contributed by atoms with Gasteiger partial charge in [0.2, 0.25) is 0 Å². The molecule has 5 heteroatoms. The standard InChI is InChI=1S/C8H13BrN2OS/c1-5(4-12)11-6(2)8-10-3-7(9)13-8/h3,5-6,11-12H,4H2,1-2H3/t5-,6?/m0/s1. The van der Waals surface area contributed by atoms with Gasteiger partial charge in [-0.25, -0.2) is 4.98 Å². The summed E-state index contributed by atoms with van der Waals surface area (Å²) in [6, 6.07) is 0.302. The Labute approximate surface area is 90.3 Å². The first-order chi connectivity index (χ1) is 6.13. The molecule has 0 aliphatic heterocycles. The number of hydrogen-bond acceptors (Lipinski definition) is 4. The quantitative estimate of drug-likeness (QED) is 0.874. The minimum atomic E-state index is 0.109. The van der Waals surface area contributed by atoms with E-state index in [-0.39, 0.29) is 18.7 Å². The first kappa shape index (κ1) is 11.1. The van der Waals surface area contributed by atoms with Gasteiger partial charge in [-0.1, -0.05) is 0 Å². The van der Waals surface area contributed by atoms with E-state index in [4.69, 9.17) is 5.11 Å². The van der Waals surface area contributed by atoms with Gasteiger partial charge in [0.15, 0.2) is 0 Å². The fraction of sp³-hybridized carbons (Fsp3) is 0.625. The Bertz CT molecular complexity index is 266. The third-order valence-electron chi connectivity index (χ3n) is 1.67. The third-order valence-corrected chi connectivity index (χ3v) is 3.33. The van der Waals surface area contributed by atoms with Crippen molar-refractivity contribution in [2.75, 3.05) is 6.61 Å². The Kier molecular flexibility index (Phi) is 4.31. The van der Waals surface area contributed by atoms with E-state index < -0.39 is 0 Å². The molecule has 0 bridgehead atoms. The highest BCUT2D eigenvalue weighted by Crippen LogP contribution is 2.24. The number of aromatic nitrogens is 1. The molecule has 0 saturated heterocycles. The monoisotopic (exact) mass is 264 g/mol. The molecule has 0 fully saturated rings. The zero-order valence-electron chi connectivity index (χ0n) is 7.62. The van der Waals surface area contributed by atoms with Gasteiger partial charge in [0.1, 0.15) is 5.01 Å². The van der Waals surface area contributed by atoms with E-state index in [1.807, 2.05) is 13.8 Å². The van der Waals surface area contributed by atoms with Crippen molar-refractivity contribution in [3.8, 4) is 0 Å². The number of nitrogens with one attached hydrogen (secondary N) is 1. The topological polar surface area (TPSA) is 45.1 Å². The van der Waals surface area contributed by atoms with Crippen LogP contribution in [-0.4, -0.2) is 22.7 Å². The molecular formula is C8H13BrN2OS. The Balaban J connectivity index is 2.53. The molecule has 2 atom stereocenters. The molecule has 0 spiro atoms. The lowest BCUT2D eigenvalue weighted by Gasteiger charge is -2.15. The molecule has 3 nitrogen and oxygen atoms in total. The largest absolute Gasteiger partial charge is 0.395 e. The zero-order valence-corrected chi connectivity index (χ0v) is 10.0. The van der Waals surface area contributed by atoms with Crippen LogP contribution in [0.2, 0.25) is 0 Å². The van der Waals surface area contributed by atoms with Crippen molar-refractivity contribution in [2.24, 2.45) is 0 Å². The molecule has 0 saturated carbocycles. The number of thiazole rings is 1. The molecule has 0 aromatic carbocycles. The van der Waals surface area contributed by atoms with Crippen LogP contribution in [0.3, 0.4) is 0 Å². The summed E-state index contributed by atoms with van der Waals surface area (Å²) >= 11 is 4.97. The number of nitrogens with zero attached hydrogens (tertiary/aromatic N) is 1. The number of halogens is 1. The average Bonchev–Trinajstić information content (AvgIpc) is 2.51. The van der Waals surface area contributed by atoms with Gasteiger partial charge in [0.05, 0.1) is 22.6 Å². The van der Waals surface area contributed by atoms with Gasteiger partial charge < -0.3 is 10.4 Å². The van der Waals surface area contributed by atoms with Crippen molar-refractivity contribution in [3.05, 3.63) is 15.0 Å². The van der Waals surface area contributed by atoms with Crippen LogP contribution in [0.15, 0.2) is 9.98 Å². The number of rotatable bonds is 4. The smallest absolute Gasteiger partial charge is 0.110 e. The molecule has 1 unspecified atom stereocenters. The molecule has 0 aliphatic rings. The molecular weight excluding hydrogens is 252 g/mol. The maximum atomic E-state index is 8.85. The van der Waals surface area contributed by atoms with Crippen molar-refractivity contribution < 1.29 is 5.11 Å². The molecule has 0 amide bonds. The maximum Gasteiger partial charge on any atom is 0.110 e. The van der Waals surface area contributed by atoms with E-state index in [0.29, 0.717) is 0 Å². The summed E-state index contributed by atoms with van der Waals surface area (Å²) < 4.78 is 1.04. The van der Waals surface area contributed by atoms with Crippen molar-refractivity contribution in [1.29, 1.82) is 0 Å². The average molecular weight is 265 g/mol. The molecule has 74 valence electrons. The van der Waals surface area contributed by atoms with E-state index in [1.165, 1.54) is 0 Å². The maximum absolute atomic E-state index is 8.85. The van der Waals surface area contributed by atoms with E-state index in [1.54, 1.807) is 17.5 Å². The summed E-state index contributed by atoms with van der Waals surface area (Å²) in [5, 5.41) is 13.1. The second-order valence-electron chi connectivity index (χ2n) is 2.97. The van der Waals surface area contributed by atoms with Gasteiger partial charge in [-0.05, 0) is 29.8 Å². The summed E-state index contributed by atoms with van der Waals surface area (Å²) in [6.07, 6.45) is 1.79. The first-order valence-electron chi connectivity index (χ1n) is 4.11. The van der Waals surface area contributed by atoms with Crippen molar-refractivity contribution in [2.45, 2.75) is 25.9 Å². The number of aliphatic hydroxyl groups is 1.